The summed E-state index contributed by atoms with van der Waals surface area (Å²) in [6, 6.07) is 16.1. The van der Waals surface area contributed by atoms with Crippen LogP contribution in [0.25, 0.3) is 0 Å². The predicted molar refractivity (Wildman–Crippen MR) is 97.4 cm³/mol. The number of esters is 1. The summed E-state index contributed by atoms with van der Waals surface area (Å²) in [5, 5.41) is 2.66. The molecule has 6 nitrogen and oxygen atoms in total. The minimum absolute atomic E-state index is 0.0126. The van der Waals surface area contributed by atoms with E-state index in [-0.39, 0.29) is 30.7 Å². The monoisotopic (exact) mass is 357 g/mol. The van der Waals surface area contributed by atoms with E-state index in [4.69, 9.17) is 14.2 Å². The van der Waals surface area contributed by atoms with Gasteiger partial charge in [-0.1, -0.05) is 30.3 Å². The molecule has 0 unspecified atom stereocenters. The van der Waals surface area contributed by atoms with E-state index < -0.39 is 5.97 Å². The van der Waals surface area contributed by atoms with Gasteiger partial charge in [0.05, 0.1) is 0 Å². The molecule has 0 aliphatic carbocycles. The van der Waals surface area contributed by atoms with Gasteiger partial charge in [-0.25, -0.2) is 4.79 Å². The minimum atomic E-state index is -0.608. The first-order valence-electron chi connectivity index (χ1n) is 8.42. The average molecular weight is 357 g/mol. The van der Waals surface area contributed by atoms with Gasteiger partial charge in [-0.3, -0.25) is 4.79 Å². The van der Waals surface area contributed by atoms with Crippen molar-refractivity contribution in [2.24, 2.45) is 0 Å². The third-order valence-electron chi connectivity index (χ3n) is 3.24. The highest BCUT2D eigenvalue weighted by atomic mass is 16.5. The van der Waals surface area contributed by atoms with E-state index in [9.17, 15) is 9.59 Å². The van der Waals surface area contributed by atoms with Crippen LogP contribution in [0.4, 0.5) is 0 Å². The fourth-order valence-electron chi connectivity index (χ4n) is 2.16. The summed E-state index contributed by atoms with van der Waals surface area (Å²) in [5.41, 5.74) is 0.268. The third-order valence-corrected chi connectivity index (χ3v) is 3.24. The Balaban J connectivity index is 1.84. The number of nitrogens with one attached hydrogen (secondary N) is 1. The lowest BCUT2D eigenvalue weighted by Gasteiger charge is -2.12. The average Bonchev–Trinajstić information content (AvgIpc) is 2.64. The molecule has 0 heterocycles. The Morgan fingerprint density at radius 3 is 2.31 bits per heavy atom. The van der Waals surface area contributed by atoms with E-state index in [0.717, 1.165) is 5.75 Å². The van der Waals surface area contributed by atoms with Gasteiger partial charge in [-0.2, -0.15) is 0 Å². The van der Waals surface area contributed by atoms with E-state index in [0.29, 0.717) is 12.4 Å². The quantitative estimate of drug-likeness (QED) is 0.552. The minimum Gasteiger partial charge on any atom is -0.490 e. The molecule has 0 saturated carbocycles. The highest BCUT2D eigenvalue weighted by Gasteiger charge is 2.15. The Morgan fingerprint density at radius 1 is 0.923 bits per heavy atom. The van der Waals surface area contributed by atoms with Crippen molar-refractivity contribution in [1.82, 2.24) is 5.32 Å². The van der Waals surface area contributed by atoms with Crippen LogP contribution in [0.3, 0.4) is 0 Å². The number of ether oxygens (including phenoxy) is 3. The maximum Gasteiger partial charge on any atom is 0.342 e. The second kappa shape index (κ2) is 10.1. The van der Waals surface area contributed by atoms with Crippen molar-refractivity contribution < 1.29 is 23.8 Å². The first-order valence-corrected chi connectivity index (χ1v) is 8.42. The summed E-state index contributed by atoms with van der Waals surface area (Å²) in [6.07, 6.45) is 0. The van der Waals surface area contributed by atoms with Crippen molar-refractivity contribution >= 4 is 11.9 Å². The van der Waals surface area contributed by atoms with Crippen LogP contribution >= 0.6 is 0 Å². The fraction of sp³-hybridized carbons (Fsp3) is 0.300. The fourth-order valence-corrected chi connectivity index (χ4v) is 2.16. The number of benzene rings is 2. The molecule has 2 aromatic carbocycles. The molecule has 0 radical (unpaired) electrons. The van der Waals surface area contributed by atoms with Crippen molar-refractivity contribution in [3.63, 3.8) is 0 Å². The van der Waals surface area contributed by atoms with E-state index in [1.165, 1.54) is 0 Å². The number of hydrogen-bond donors (Lipinski definition) is 1. The molecule has 0 aromatic heterocycles. The molecule has 0 saturated heterocycles. The van der Waals surface area contributed by atoms with Crippen LogP contribution in [-0.2, 0) is 9.53 Å². The maximum atomic E-state index is 12.2. The highest BCUT2D eigenvalue weighted by molar-refractivity contribution is 5.94. The molecule has 1 amide bonds. The molecule has 2 rings (SSSR count). The molecule has 0 bridgehead atoms. The van der Waals surface area contributed by atoms with Gasteiger partial charge in [-0.15, -0.1) is 0 Å². The summed E-state index contributed by atoms with van der Waals surface area (Å²) in [6.45, 7) is 3.94. The Labute approximate surface area is 153 Å². The van der Waals surface area contributed by atoms with Crippen molar-refractivity contribution in [3.8, 4) is 11.5 Å². The summed E-state index contributed by atoms with van der Waals surface area (Å²) in [4.78, 5) is 23.8. The summed E-state index contributed by atoms with van der Waals surface area (Å²) in [7, 11) is 0. The number of carbonyl (C=O) groups is 2. The zero-order valence-corrected chi connectivity index (χ0v) is 14.9. The van der Waals surface area contributed by atoms with E-state index >= 15 is 0 Å². The molecule has 2 aromatic rings. The second-order valence-electron chi connectivity index (χ2n) is 5.80. The Kier molecular flexibility index (Phi) is 7.49. The Bertz CT molecular complexity index is 715. The number of para-hydroxylation sites is 2. The molecule has 0 fully saturated rings. The van der Waals surface area contributed by atoms with Gasteiger partial charge in [-0.05, 0) is 38.1 Å². The number of amides is 1. The van der Waals surface area contributed by atoms with Crippen molar-refractivity contribution in [2.75, 3.05) is 19.8 Å². The van der Waals surface area contributed by atoms with Crippen LogP contribution in [0.15, 0.2) is 54.6 Å². The lowest BCUT2D eigenvalue weighted by Crippen LogP contribution is -2.34. The predicted octanol–water partition coefficient (Wildman–Crippen LogP) is 2.83. The van der Waals surface area contributed by atoms with E-state index in [2.05, 4.69) is 5.32 Å². The van der Waals surface area contributed by atoms with Gasteiger partial charge in [0, 0.05) is 6.04 Å². The second-order valence-corrected chi connectivity index (χ2v) is 5.80. The summed E-state index contributed by atoms with van der Waals surface area (Å²) < 4.78 is 16.2. The summed E-state index contributed by atoms with van der Waals surface area (Å²) >= 11 is 0. The Hall–Kier alpha value is -3.02. The first-order chi connectivity index (χ1) is 12.6. The molecular weight excluding hydrogens is 334 g/mol. The standard InChI is InChI=1S/C20H23NO5/c1-15(2)21-19(22)14-26-20(23)17-10-6-7-11-18(17)25-13-12-24-16-8-4-3-5-9-16/h3-11,15H,12-14H2,1-2H3,(H,21,22). The molecule has 138 valence electrons. The van der Waals surface area contributed by atoms with Crippen LogP contribution in [0, 0.1) is 0 Å². The molecule has 6 heteroatoms. The van der Waals surface area contributed by atoms with Gasteiger partial charge in [0.25, 0.3) is 5.91 Å². The molecule has 0 atom stereocenters. The largest absolute Gasteiger partial charge is 0.490 e. The zero-order valence-electron chi connectivity index (χ0n) is 14.9. The van der Waals surface area contributed by atoms with Gasteiger partial charge in [0.2, 0.25) is 0 Å². The summed E-state index contributed by atoms with van der Waals surface area (Å²) in [5.74, 6) is 0.185. The number of carbonyl (C=O) groups excluding carboxylic acids is 2. The van der Waals surface area contributed by atoms with Gasteiger partial charge >= 0.3 is 5.97 Å². The molecular formula is C20H23NO5. The van der Waals surface area contributed by atoms with E-state index in [1.807, 2.05) is 44.2 Å². The third kappa shape index (κ3) is 6.47. The lowest BCUT2D eigenvalue weighted by molar-refractivity contribution is -0.124. The zero-order chi connectivity index (χ0) is 18.8. The van der Waals surface area contributed by atoms with Crippen LogP contribution in [0.1, 0.15) is 24.2 Å². The smallest absolute Gasteiger partial charge is 0.342 e. The normalized spacial score (nSPS) is 10.3. The van der Waals surface area contributed by atoms with Crippen molar-refractivity contribution in [2.45, 2.75) is 19.9 Å². The number of rotatable bonds is 9. The number of hydrogen-bond acceptors (Lipinski definition) is 5. The van der Waals surface area contributed by atoms with Gasteiger partial charge < -0.3 is 19.5 Å². The SMILES string of the molecule is CC(C)NC(=O)COC(=O)c1ccccc1OCCOc1ccccc1. The van der Waals surface area contributed by atoms with Gasteiger partial charge in [0.1, 0.15) is 30.3 Å². The molecule has 0 aliphatic heterocycles. The van der Waals surface area contributed by atoms with Crippen LogP contribution < -0.4 is 14.8 Å². The molecule has 26 heavy (non-hydrogen) atoms. The first kappa shape index (κ1) is 19.3. The highest BCUT2D eigenvalue weighted by Crippen LogP contribution is 2.19. The molecule has 0 spiro atoms. The topological polar surface area (TPSA) is 73.9 Å². The van der Waals surface area contributed by atoms with Crippen LogP contribution in [-0.4, -0.2) is 37.7 Å². The van der Waals surface area contributed by atoms with Crippen LogP contribution in [0.2, 0.25) is 0 Å². The lowest BCUT2D eigenvalue weighted by atomic mass is 10.2. The Morgan fingerprint density at radius 2 is 1.58 bits per heavy atom. The maximum absolute atomic E-state index is 12.2. The van der Waals surface area contributed by atoms with Gasteiger partial charge in [0.15, 0.2) is 6.61 Å². The molecule has 1 N–H and O–H groups in total. The van der Waals surface area contributed by atoms with Crippen LogP contribution in [0.5, 0.6) is 11.5 Å². The van der Waals surface area contributed by atoms with Crippen molar-refractivity contribution in [1.29, 1.82) is 0 Å². The molecule has 0 aliphatic rings. The van der Waals surface area contributed by atoms with Crippen molar-refractivity contribution in [3.05, 3.63) is 60.2 Å². The van der Waals surface area contributed by atoms with E-state index in [1.54, 1.807) is 24.3 Å².